The fourth-order valence-electron chi connectivity index (χ4n) is 8.48. The summed E-state index contributed by atoms with van der Waals surface area (Å²) in [6, 6.07) is 0. The van der Waals surface area contributed by atoms with Crippen molar-refractivity contribution in [1.29, 1.82) is 0 Å². The molecule has 0 saturated carbocycles. The Balaban J connectivity index is -0.000000667. The second-order valence-corrected chi connectivity index (χ2v) is 23.6. The van der Waals surface area contributed by atoms with Crippen molar-refractivity contribution >= 4 is 65.9 Å². The SMILES string of the molecule is CCCCCC/C=C\COC(=O)CCCCCCCC(=O)OC(CCCCC)CCCCC.CCCCCC/C=C\COC(=O)CCCN(CCCC(=O)OC(CCCCC)CCCCC)C(=O)SCCN(C)C.CN(C)CCS.Cl. The van der Waals surface area contributed by atoms with Crippen LogP contribution in [0.25, 0.3) is 0 Å². The van der Waals surface area contributed by atoms with E-state index >= 15 is 0 Å². The molecule has 0 bridgehead atoms. The van der Waals surface area contributed by atoms with Crippen LogP contribution in [0.4, 0.5) is 4.79 Å². The van der Waals surface area contributed by atoms with Gasteiger partial charge in [-0.2, -0.15) is 12.6 Å². The second-order valence-electron chi connectivity index (χ2n) is 22.1. The molecule has 0 aromatic carbocycles. The van der Waals surface area contributed by atoms with Crippen molar-refractivity contribution in [3.63, 3.8) is 0 Å². The Bertz CT molecular complexity index is 1440. The molecule has 81 heavy (non-hydrogen) atoms. The summed E-state index contributed by atoms with van der Waals surface area (Å²) in [7, 11) is 8.05. The first-order valence-corrected chi connectivity index (χ1v) is 34.2. The molecule has 0 radical (unpaired) electrons. The molecule has 1 amide bonds. The fourth-order valence-corrected chi connectivity index (χ4v) is 9.87. The van der Waals surface area contributed by atoms with Crippen molar-refractivity contribution < 1.29 is 42.9 Å². The summed E-state index contributed by atoms with van der Waals surface area (Å²) in [6.07, 6.45) is 45.5. The molecule has 0 fully saturated rings. The van der Waals surface area contributed by atoms with Crippen LogP contribution in [0.5, 0.6) is 0 Å². The maximum absolute atomic E-state index is 12.9. The predicted octanol–water partition coefficient (Wildman–Crippen LogP) is 18.2. The molecule has 0 aliphatic rings. The zero-order valence-electron chi connectivity index (χ0n) is 54.1. The topological polar surface area (TPSA) is 132 Å². The number of thioether (sulfide) groups is 1. The number of allylic oxidation sites excluding steroid dienone is 2. The maximum Gasteiger partial charge on any atom is 0.306 e. The zero-order chi connectivity index (χ0) is 60.0. The van der Waals surface area contributed by atoms with E-state index in [1.165, 1.54) is 88.8 Å². The summed E-state index contributed by atoms with van der Waals surface area (Å²) in [5, 5.41) is -0.00315. The summed E-state index contributed by atoms with van der Waals surface area (Å²) in [5.74, 6) is 1.11. The molecule has 15 heteroatoms. The van der Waals surface area contributed by atoms with Gasteiger partial charge in [0.15, 0.2) is 0 Å². The van der Waals surface area contributed by atoms with E-state index in [1.54, 1.807) is 4.90 Å². The minimum absolute atomic E-state index is 0. The number of carbonyl (C=O) groups is 5. The summed E-state index contributed by atoms with van der Waals surface area (Å²) in [6.45, 7) is 16.7. The van der Waals surface area contributed by atoms with E-state index in [2.05, 4.69) is 71.2 Å². The van der Waals surface area contributed by atoms with E-state index in [0.717, 1.165) is 141 Å². The Morgan fingerprint density at radius 1 is 0.407 bits per heavy atom. The average molecular weight is 1210 g/mol. The highest BCUT2D eigenvalue weighted by Gasteiger charge is 2.19. The van der Waals surface area contributed by atoms with Crippen LogP contribution < -0.4 is 0 Å². The van der Waals surface area contributed by atoms with Crippen molar-refractivity contribution in [2.24, 2.45) is 0 Å². The van der Waals surface area contributed by atoms with Crippen LogP contribution in [0.1, 0.15) is 279 Å². The largest absolute Gasteiger partial charge is 0.462 e. The molecule has 12 nitrogen and oxygen atoms in total. The second kappa shape index (κ2) is 68.5. The highest BCUT2D eigenvalue weighted by Crippen LogP contribution is 2.19. The number of thiol groups is 1. The molecule has 0 N–H and O–H groups in total. The standard InChI is InChI=1S/C33H62N2O5S.C29H54O4.C4H11NS.ClH/c1-6-9-12-13-14-15-18-28-39-31(36)23-19-25-35(33(38)41-29-27-34(4)5)26-20-24-32(37)40-30(21-16-10-7-2)22-17-11-8-3;1-4-7-10-11-12-16-21-26-32-28(30)24-19-14-13-15-20-25-29(31)33-27(22-17-8-5-2)23-18-9-6-3;1-5(2)3-4-6;/h15,18,30H,6-14,16-17,19-29H2,1-5H3;16,21,27H,4-15,17-20,22-26H2,1-3H3;6H,3-4H2,1-2H3;1H/b18-15-;21-16-;;. The minimum Gasteiger partial charge on any atom is -0.462 e. The van der Waals surface area contributed by atoms with Gasteiger partial charge in [-0.25, -0.2) is 0 Å². The first-order valence-electron chi connectivity index (χ1n) is 32.6. The van der Waals surface area contributed by atoms with Crippen LogP contribution in [-0.4, -0.2) is 135 Å². The summed E-state index contributed by atoms with van der Waals surface area (Å²) >= 11 is 5.31. The molecule has 0 aromatic rings. The molecule has 0 rings (SSSR count). The van der Waals surface area contributed by atoms with Crippen LogP contribution in [0.3, 0.4) is 0 Å². The third-order valence-electron chi connectivity index (χ3n) is 13.5. The summed E-state index contributed by atoms with van der Waals surface area (Å²) in [4.78, 5) is 67.6. The summed E-state index contributed by atoms with van der Waals surface area (Å²) < 4.78 is 22.2. The monoisotopic (exact) mass is 1210 g/mol. The Hall–Kier alpha value is -2.26. The number of esters is 4. The molecular weight excluding hydrogens is 1080 g/mol. The van der Waals surface area contributed by atoms with Gasteiger partial charge < -0.3 is 33.6 Å². The van der Waals surface area contributed by atoms with Gasteiger partial charge in [-0.15, -0.1) is 12.4 Å². The lowest BCUT2D eigenvalue weighted by Gasteiger charge is -2.23. The Morgan fingerprint density at radius 2 is 0.741 bits per heavy atom. The highest BCUT2D eigenvalue weighted by atomic mass is 35.5. The third kappa shape index (κ3) is 68.4. The maximum atomic E-state index is 12.9. The van der Waals surface area contributed by atoms with Gasteiger partial charge >= 0.3 is 23.9 Å². The number of hydrogen-bond acceptors (Lipinski definition) is 13. The molecular formula is C66H128ClN3O9S2. The van der Waals surface area contributed by atoms with Gasteiger partial charge in [-0.3, -0.25) is 24.0 Å². The number of ether oxygens (including phenoxy) is 4. The molecule has 0 aliphatic carbocycles. The van der Waals surface area contributed by atoms with Crippen LogP contribution >= 0.6 is 36.8 Å². The van der Waals surface area contributed by atoms with Gasteiger partial charge in [0.25, 0.3) is 5.24 Å². The molecule has 0 heterocycles. The van der Waals surface area contributed by atoms with Crippen molar-refractivity contribution in [1.82, 2.24) is 14.7 Å². The molecule has 0 spiro atoms. The Morgan fingerprint density at radius 3 is 1.10 bits per heavy atom. The highest BCUT2D eigenvalue weighted by molar-refractivity contribution is 8.13. The number of rotatable bonds is 53. The van der Waals surface area contributed by atoms with Crippen LogP contribution in [0.2, 0.25) is 0 Å². The van der Waals surface area contributed by atoms with E-state index in [1.807, 2.05) is 45.2 Å². The fraction of sp³-hybridized carbons (Fsp3) is 0.864. The van der Waals surface area contributed by atoms with E-state index < -0.39 is 0 Å². The minimum atomic E-state index is -0.242. The van der Waals surface area contributed by atoms with E-state index in [9.17, 15) is 24.0 Å². The zero-order valence-corrected chi connectivity index (χ0v) is 56.6. The Labute approximate surface area is 515 Å². The smallest absolute Gasteiger partial charge is 0.306 e. The number of carbonyl (C=O) groups excluding carboxylic acids is 5. The molecule has 0 aliphatic heterocycles. The molecule has 0 aromatic heterocycles. The van der Waals surface area contributed by atoms with Crippen LogP contribution in [0.15, 0.2) is 24.3 Å². The van der Waals surface area contributed by atoms with E-state index in [-0.39, 0.29) is 60.2 Å². The number of unbranched alkanes of at least 4 members (excludes halogenated alkanes) is 20. The summed E-state index contributed by atoms with van der Waals surface area (Å²) in [5.41, 5.74) is 0. The van der Waals surface area contributed by atoms with Crippen molar-refractivity contribution in [3.05, 3.63) is 24.3 Å². The van der Waals surface area contributed by atoms with Gasteiger partial charge in [-0.1, -0.05) is 187 Å². The normalized spacial score (nSPS) is 11.2. The van der Waals surface area contributed by atoms with Crippen LogP contribution in [-0.2, 0) is 38.1 Å². The quantitative estimate of drug-likeness (QED) is 0.0204. The molecule has 0 unspecified atom stereocenters. The average Bonchev–Trinajstić information content (AvgIpc) is 3.42. The van der Waals surface area contributed by atoms with Crippen molar-refractivity contribution in [2.45, 2.75) is 291 Å². The number of amides is 1. The van der Waals surface area contributed by atoms with Crippen LogP contribution in [0, 0.1) is 0 Å². The lowest BCUT2D eigenvalue weighted by atomic mass is 10.0. The van der Waals surface area contributed by atoms with Gasteiger partial charge in [0, 0.05) is 63.4 Å². The molecule has 0 saturated heterocycles. The van der Waals surface area contributed by atoms with Gasteiger partial charge in [0.1, 0.15) is 25.4 Å². The van der Waals surface area contributed by atoms with Gasteiger partial charge in [-0.05, 0) is 131 Å². The predicted molar refractivity (Wildman–Crippen MR) is 352 cm³/mol. The van der Waals surface area contributed by atoms with E-state index in [4.69, 9.17) is 18.9 Å². The first-order chi connectivity index (χ1) is 38.7. The molecule has 480 valence electrons. The number of nitrogens with zero attached hydrogens (tertiary/aromatic N) is 3. The van der Waals surface area contributed by atoms with E-state index in [0.29, 0.717) is 64.2 Å². The first kappa shape index (κ1) is 85.2. The lowest BCUT2D eigenvalue weighted by Crippen LogP contribution is -2.31. The number of halogens is 1. The van der Waals surface area contributed by atoms with Gasteiger partial charge in [0.2, 0.25) is 0 Å². The third-order valence-corrected chi connectivity index (χ3v) is 14.6. The van der Waals surface area contributed by atoms with Crippen molar-refractivity contribution in [2.75, 3.05) is 79.1 Å². The lowest BCUT2D eigenvalue weighted by molar-refractivity contribution is -0.151. The number of hydrogen-bond donors (Lipinski definition) is 1. The van der Waals surface area contributed by atoms with Gasteiger partial charge in [0.05, 0.1) is 0 Å². The van der Waals surface area contributed by atoms with Crippen molar-refractivity contribution in [3.8, 4) is 0 Å². The molecule has 0 atom stereocenters. The Kier molecular flexibility index (Phi) is 72.1.